The first-order valence-corrected chi connectivity index (χ1v) is 2.93. The van der Waals surface area contributed by atoms with Crippen molar-refractivity contribution in [3.63, 3.8) is 0 Å². The highest BCUT2D eigenvalue weighted by atomic mass is 35.5. The van der Waals surface area contributed by atoms with E-state index < -0.39 is 7.75 Å². The lowest BCUT2D eigenvalue weighted by Gasteiger charge is -1.91. The summed E-state index contributed by atoms with van der Waals surface area (Å²) < 4.78 is 12.9. The third-order valence-corrected chi connectivity index (χ3v) is 0.890. The molecule has 0 saturated carbocycles. The van der Waals surface area contributed by atoms with Crippen molar-refractivity contribution >= 4 is 19.6 Å². The average Bonchev–Trinajstić information content (AvgIpc) is 1.35. The van der Waals surface area contributed by atoms with Crippen LogP contribution in [0.4, 0.5) is 0 Å². The molecule has 0 rings (SSSR count). The minimum atomic E-state index is -3.88. The number of hydrogen-bond donors (Lipinski definition) is 2. The van der Waals surface area contributed by atoms with Gasteiger partial charge in [-0.15, -0.1) is 0 Å². The maximum atomic E-state index is 9.56. The van der Waals surface area contributed by atoms with Gasteiger partial charge in [0, 0.05) is 0 Å². The van der Waals surface area contributed by atoms with Crippen molar-refractivity contribution in [1.82, 2.24) is 0 Å². The summed E-state index contributed by atoms with van der Waals surface area (Å²) in [6, 6.07) is 0. The molecule has 0 amide bonds. The fourth-order valence-electron chi connectivity index (χ4n) is 0. The van der Waals surface area contributed by atoms with Crippen LogP contribution in [0.3, 0.4) is 0 Å². The first-order valence-electron chi connectivity index (χ1n) is 0.978. The predicted octanol–water partition coefficient (Wildman–Crippen LogP) is 0.216. The van der Waals surface area contributed by atoms with Crippen molar-refractivity contribution in [3.8, 4) is 0 Å². The molecule has 6 heteroatoms. The van der Waals surface area contributed by atoms with E-state index in [1.807, 2.05) is 0 Å². The molecule has 0 aromatic rings. The Balaban J connectivity index is 3.48. The summed E-state index contributed by atoms with van der Waals surface area (Å²) in [4.78, 5) is 7.81. The largest absolute Gasteiger partial charge is 0.416 e. The standard InChI is InChI=1S/ClH3NO3P/c1-5-6(2,3)4/h(H3,2,3,4). The van der Waals surface area contributed by atoms with Crippen LogP contribution in [0, 0.1) is 0 Å². The Morgan fingerprint density at radius 3 is 2.17 bits per heavy atom. The topological polar surface area (TPSA) is 72.6 Å². The molecule has 6 heavy (non-hydrogen) atoms. The number of hydrogen-bond acceptors (Lipinski definition) is 2. The first kappa shape index (κ1) is 6.40. The minimum Gasteiger partial charge on any atom is -0.312 e. The smallest absolute Gasteiger partial charge is 0.312 e. The highest BCUT2D eigenvalue weighted by Gasteiger charge is 2.06. The summed E-state index contributed by atoms with van der Waals surface area (Å²) in [5.41, 5.74) is 4.29. The molecule has 0 aromatic heterocycles. The third-order valence-electron chi connectivity index (χ3n) is 0.0989. The summed E-state index contributed by atoms with van der Waals surface area (Å²) >= 11 is 4.34. The molecule has 3 N–H and O–H groups in total. The predicted molar refractivity (Wildman–Crippen MR) is 21.0 cm³/mol. The monoisotopic (exact) mass is 131 g/mol. The van der Waals surface area contributed by atoms with Gasteiger partial charge in [0.25, 0.3) is 0 Å². The van der Waals surface area contributed by atoms with E-state index in [-0.39, 0.29) is 0 Å². The van der Waals surface area contributed by atoms with Crippen LogP contribution in [0.25, 0.3) is 0 Å². The fourth-order valence-corrected chi connectivity index (χ4v) is 0. The van der Waals surface area contributed by atoms with E-state index in [1.54, 1.807) is 0 Å². The number of rotatable bonds is 1. The second kappa shape index (κ2) is 1.91. The van der Waals surface area contributed by atoms with Gasteiger partial charge in [-0.1, -0.05) is 0 Å². The summed E-state index contributed by atoms with van der Waals surface area (Å²) in [6.07, 6.45) is 0. The molecule has 0 bridgehead atoms. The summed E-state index contributed by atoms with van der Waals surface area (Å²) in [6.45, 7) is 0. The molecule has 0 fully saturated rings. The number of nitrogens with two attached hydrogens (primary N) is 1. The highest BCUT2D eigenvalue weighted by molar-refractivity contribution is 7.51. The van der Waals surface area contributed by atoms with Gasteiger partial charge in [0.2, 0.25) is 0 Å². The van der Waals surface area contributed by atoms with Gasteiger partial charge < -0.3 is 4.89 Å². The van der Waals surface area contributed by atoms with E-state index in [1.165, 1.54) is 0 Å². The Bertz CT molecular complexity index is 74.9. The zero-order valence-electron chi connectivity index (χ0n) is 2.67. The molecule has 0 radical (unpaired) electrons. The fraction of sp³-hybridized carbons (Fsp3) is 0. The second-order valence-corrected chi connectivity index (χ2v) is 2.31. The average molecular weight is 131 g/mol. The quantitative estimate of drug-likeness (QED) is 0.499. The molecule has 0 aliphatic rings. The molecule has 0 heterocycles. The molecule has 0 aliphatic carbocycles. The third kappa shape index (κ3) is 4.40. The van der Waals surface area contributed by atoms with Crippen LogP contribution in [0.5, 0.6) is 0 Å². The van der Waals surface area contributed by atoms with Crippen molar-refractivity contribution in [2.24, 2.45) is 5.50 Å². The van der Waals surface area contributed by atoms with Crippen molar-refractivity contribution in [2.75, 3.05) is 0 Å². The van der Waals surface area contributed by atoms with E-state index >= 15 is 0 Å². The maximum absolute atomic E-state index is 9.56. The molecule has 0 aliphatic heterocycles. The van der Waals surface area contributed by atoms with E-state index in [9.17, 15) is 4.57 Å². The van der Waals surface area contributed by atoms with Crippen LogP contribution in [0.15, 0.2) is 0 Å². The van der Waals surface area contributed by atoms with Gasteiger partial charge in [-0.3, -0.25) is 0 Å². The summed E-state index contributed by atoms with van der Waals surface area (Å²) in [5.74, 6) is 0. The van der Waals surface area contributed by atoms with Crippen LogP contribution in [0.1, 0.15) is 0 Å². The van der Waals surface area contributed by atoms with Gasteiger partial charge in [-0.05, 0) is 0 Å². The van der Waals surface area contributed by atoms with Crippen molar-refractivity contribution < 1.29 is 13.5 Å². The van der Waals surface area contributed by atoms with Gasteiger partial charge in [0.1, 0.15) is 0 Å². The molecule has 4 nitrogen and oxygen atoms in total. The van der Waals surface area contributed by atoms with Crippen LogP contribution in [-0.4, -0.2) is 4.89 Å². The highest BCUT2D eigenvalue weighted by Crippen LogP contribution is 2.32. The molecule has 0 aromatic carbocycles. The van der Waals surface area contributed by atoms with E-state index in [0.29, 0.717) is 0 Å². The van der Waals surface area contributed by atoms with Crippen molar-refractivity contribution in [2.45, 2.75) is 0 Å². The molecule has 0 saturated heterocycles. The van der Waals surface area contributed by atoms with Crippen LogP contribution in [-0.2, 0) is 8.64 Å². The molecule has 38 valence electrons. The lowest BCUT2D eigenvalue weighted by molar-refractivity contribution is 0.395. The Morgan fingerprint density at radius 2 is 2.17 bits per heavy atom. The zero-order chi connectivity index (χ0) is 5.21. The van der Waals surface area contributed by atoms with Crippen molar-refractivity contribution in [3.05, 3.63) is 0 Å². The Morgan fingerprint density at radius 1 is 2.00 bits per heavy atom. The second-order valence-electron chi connectivity index (χ2n) is 0.633. The Hall–Kier alpha value is 0.400. The van der Waals surface area contributed by atoms with Crippen molar-refractivity contribution in [1.29, 1.82) is 0 Å². The van der Waals surface area contributed by atoms with Crippen LogP contribution < -0.4 is 5.50 Å². The van der Waals surface area contributed by atoms with Gasteiger partial charge in [0.15, 0.2) is 0 Å². The SMILES string of the molecule is NP(=O)(O)OCl. The van der Waals surface area contributed by atoms with Gasteiger partial charge in [0.05, 0.1) is 11.9 Å². The summed E-state index contributed by atoms with van der Waals surface area (Å²) in [5, 5.41) is 0. The minimum absolute atomic E-state index is 3.30. The van der Waals surface area contributed by atoms with E-state index in [2.05, 4.69) is 21.4 Å². The molecular formula is H3ClNO3P. The van der Waals surface area contributed by atoms with E-state index in [4.69, 9.17) is 4.89 Å². The zero-order valence-corrected chi connectivity index (χ0v) is 4.32. The molecule has 1 unspecified atom stereocenters. The molecule has 1 atom stereocenters. The maximum Gasteiger partial charge on any atom is 0.416 e. The normalized spacial score (nSPS) is 19.8. The van der Waals surface area contributed by atoms with Gasteiger partial charge in [-0.25, -0.2) is 10.1 Å². The van der Waals surface area contributed by atoms with Crippen LogP contribution in [0.2, 0.25) is 0 Å². The lowest BCUT2D eigenvalue weighted by Crippen LogP contribution is -1.89. The molecular weight excluding hydrogens is 128 g/mol. The Labute approximate surface area is 39.6 Å². The Kier molecular flexibility index (Phi) is 2.04. The number of halogens is 1. The van der Waals surface area contributed by atoms with Gasteiger partial charge in [-0.2, -0.15) is 4.08 Å². The summed E-state index contributed by atoms with van der Waals surface area (Å²) in [7, 11) is -3.88. The van der Waals surface area contributed by atoms with E-state index in [0.717, 1.165) is 0 Å². The van der Waals surface area contributed by atoms with Crippen LogP contribution >= 0.6 is 19.6 Å². The lowest BCUT2D eigenvalue weighted by atomic mass is 13.9. The molecule has 0 spiro atoms. The van der Waals surface area contributed by atoms with Gasteiger partial charge >= 0.3 is 7.75 Å². The first-order chi connectivity index (χ1) is 2.56.